The molecule has 0 unspecified atom stereocenters. The molecule has 30 heavy (non-hydrogen) atoms. The van der Waals surface area contributed by atoms with Gasteiger partial charge in [0.15, 0.2) is 0 Å². The quantitative estimate of drug-likeness (QED) is 0.336. The maximum Gasteiger partial charge on any atom is 0.119 e. The summed E-state index contributed by atoms with van der Waals surface area (Å²) in [5.41, 5.74) is 2.93. The van der Waals surface area contributed by atoms with Crippen molar-refractivity contribution in [3.05, 3.63) is 42.4 Å². The van der Waals surface area contributed by atoms with Crippen molar-refractivity contribution < 1.29 is 4.74 Å². The van der Waals surface area contributed by atoms with Gasteiger partial charge in [-0.3, -0.25) is 9.97 Å². The van der Waals surface area contributed by atoms with Gasteiger partial charge in [0, 0.05) is 11.8 Å². The number of hydrogen-bond acceptors (Lipinski definition) is 3. The summed E-state index contributed by atoms with van der Waals surface area (Å²) >= 11 is 0. The van der Waals surface area contributed by atoms with Crippen molar-refractivity contribution in [2.75, 3.05) is 6.61 Å². The van der Waals surface area contributed by atoms with Crippen LogP contribution in [0.4, 0.5) is 0 Å². The van der Waals surface area contributed by atoms with Crippen LogP contribution in [-0.4, -0.2) is 16.6 Å². The monoisotopic (exact) mass is 408 g/mol. The highest BCUT2D eigenvalue weighted by molar-refractivity contribution is 5.58. The van der Waals surface area contributed by atoms with E-state index in [0.717, 1.165) is 47.6 Å². The van der Waals surface area contributed by atoms with Crippen molar-refractivity contribution in [1.82, 2.24) is 9.97 Å². The Balaban J connectivity index is 1.27. The molecule has 0 bridgehead atoms. The molecule has 0 aliphatic heterocycles. The van der Waals surface area contributed by atoms with Crippen LogP contribution in [-0.2, 0) is 0 Å². The van der Waals surface area contributed by atoms with Gasteiger partial charge < -0.3 is 4.74 Å². The molecule has 0 amide bonds. The summed E-state index contributed by atoms with van der Waals surface area (Å²) in [5.74, 6) is 2.88. The molecular weight excluding hydrogens is 368 g/mol. The smallest absolute Gasteiger partial charge is 0.119 e. The summed E-state index contributed by atoms with van der Waals surface area (Å²) in [4.78, 5) is 8.75. The Hall–Kier alpha value is -1.90. The van der Waals surface area contributed by atoms with E-state index in [1.165, 1.54) is 70.6 Å². The van der Waals surface area contributed by atoms with Crippen molar-refractivity contribution in [1.29, 1.82) is 0 Å². The van der Waals surface area contributed by atoms with Gasteiger partial charge in [0.1, 0.15) is 5.75 Å². The van der Waals surface area contributed by atoms with E-state index in [4.69, 9.17) is 4.74 Å². The second-order valence-electron chi connectivity index (χ2n) is 9.15. The molecule has 1 saturated carbocycles. The lowest BCUT2D eigenvalue weighted by atomic mass is 9.78. The maximum atomic E-state index is 5.98. The van der Waals surface area contributed by atoms with Crippen LogP contribution in [0.1, 0.15) is 89.7 Å². The lowest BCUT2D eigenvalue weighted by molar-refractivity contribution is 0.228. The van der Waals surface area contributed by atoms with Gasteiger partial charge in [-0.2, -0.15) is 0 Å². The fraction of sp³-hybridized carbons (Fsp3) is 0.630. The largest absolute Gasteiger partial charge is 0.494 e. The molecule has 0 atom stereocenters. The molecule has 1 fully saturated rings. The molecule has 0 radical (unpaired) electrons. The Kier molecular flexibility index (Phi) is 9.66. The number of aryl methyl sites for hydroxylation is 1. The molecule has 1 aromatic heterocycles. The lowest BCUT2D eigenvalue weighted by Gasteiger charge is -2.28. The first-order valence-corrected chi connectivity index (χ1v) is 12.3. The van der Waals surface area contributed by atoms with Gasteiger partial charge in [-0.1, -0.05) is 71.1 Å². The fourth-order valence-corrected chi connectivity index (χ4v) is 4.67. The highest BCUT2D eigenvalue weighted by Gasteiger charge is 2.20. The molecule has 1 heterocycles. The van der Waals surface area contributed by atoms with Crippen molar-refractivity contribution in [2.45, 2.75) is 90.9 Å². The minimum atomic E-state index is 0.820. The van der Waals surface area contributed by atoms with E-state index in [0.29, 0.717) is 0 Å². The normalized spacial score (nSPS) is 19.0. The predicted molar refractivity (Wildman–Crippen MR) is 126 cm³/mol. The van der Waals surface area contributed by atoms with Gasteiger partial charge in [0.05, 0.1) is 24.2 Å². The number of unbranched alkanes of at least 4 members (excludes halogenated alkanes) is 4. The number of rotatable bonds is 12. The Bertz CT molecular complexity index is 703. The lowest BCUT2D eigenvalue weighted by Crippen LogP contribution is -2.15. The van der Waals surface area contributed by atoms with E-state index in [1.807, 2.05) is 25.3 Å². The zero-order chi connectivity index (χ0) is 21.0. The first-order valence-electron chi connectivity index (χ1n) is 12.3. The zero-order valence-corrected chi connectivity index (χ0v) is 19.1. The van der Waals surface area contributed by atoms with Crippen LogP contribution < -0.4 is 4.74 Å². The molecule has 0 N–H and O–H groups in total. The number of ether oxygens (including phenoxy) is 1. The summed E-state index contributed by atoms with van der Waals surface area (Å²) in [5, 5.41) is 0. The van der Waals surface area contributed by atoms with Crippen LogP contribution in [0.3, 0.4) is 0 Å². The molecule has 1 aliphatic rings. The van der Waals surface area contributed by atoms with Gasteiger partial charge >= 0.3 is 0 Å². The van der Waals surface area contributed by atoms with Crippen LogP contribution >= 0.6 is 0 Å². The topological polar surface area (TPSA) is 35.0 Å². The average Bonchev–Trinajstić information content (AvgIpc) is 2.78. The summed E-state index contributed by atoms with van der Waals surface area (Å²) < 4.78 is 5.98. The first-order chi connectivity index (χ1) is 14.7. The minimum absolute atomic E-state index is 0.820. The molecule has 3 heteroatoms. The molecule has 1 aromatic carbocycles. The molecule has 0 saturated heterocycles. The molecule has 164 valence electrons. The number of benzene rings is 1. The summed E-state index contributed by atoms with van der Waals surface area (Å²) in [6.07, 6.45) is 20.5. The van der Waals surface area contributed by atoms with E-state index in [2.05, 4.69) is 29.0 Å². The maximum absolute atomic E-state index is 5.98. The van der Waals surface area contributed by atoms with Crippen molar-refractivity contribution in [2.24, 2.45) is 11.8 Å². The molecular formula is C27H40N2O. The van der Waals surface area contributed by atoms with E-state index < -0.39 is 0 Å². The van der Waals surface area contributed by atoms with Crippen molar-refractivity contribution >= 4 is 0 Å². The van der Waals surface area contributed by atoms with Gasteiger partial charge in [0.25, 0.3) is 0 Å². The molecule has 1 aliphatic carbocycles. The van der Waals surface area contributed by atoms with Gasteiger partial charge in [-0.05, 0) is 55.9 Å². The van der Waals surface area contributed by atoms with Gasteiger partial charge in [-0.15, -0.1) is 0 Å². The second kappa shape index (κ2) is 12.7. The molecule has 0 spiro atoms. The molecule has 2 aromatic rings. The summed E-state index contributed by atoms with van der Waals surface area (Å²) in [6, 6.07) is 8.22. The predicted octanol–water partition coefficient (Wildman–Crippen LogP) is 7.78. The van der Waals surface area contributed by atoms with E-state index in [9.17, 15) is 0 Å². The highest BCUT2D eigenvalue weighted by atomic mass is 16.5. The Morgan fingerprint density at radius 3 is 2.10 bits per heavy atom. The van der Waals surface area contributed by atoms with Gasteiger partial charge in [-0.25, -0.2) is 0 Å². The Morgan fingerprint density at radius 2 is 1.47 bits per heavy atom. The first kappa shape index (κ1) is 22.8. The Labute approximate surface area is 183 Å². The summed E-state index contributed by atoms with van der Waals surface area (Å²) in [6.45, 7) is 5.07. The van der Waals surface area contributed by atoms with Gasteiger partial charge in [0.2, 0.25) is 0 Å². The van der Waals surface area contributed by atoms with E-state index in [1.54, 1.807) is 6.20 Å². The third kappa shape index (κ3) is 7.74. The van der Waals surface area contributed by atoms with E-state index >= 15 is 0 Å². The van der Waals surface area contributed by atoms with Crippen LogP contribution in [0.25, 0.3) is 11.3 Å². The molecule has 3 nitrogen and oxygen atoms in total. The van der Waals surface area contributed by atoms with Crippen LogP contribution in [0.15, 0.2) is 36.7 Å². The minimum Gasteiger partial charge on any atom is -0.494 e. The molecule has 3 rings (SSSR count). The van der Waals surface area contributed by atoms with Crippen LogP contribution in [0.5, 0.6) is 5.75 Å². The van der Waals surface area contributed by atoms with Crippen molar-refractivity contribution in [3.63, 3.8) is 0 Å². The second-order valence-corrected chi connectivity index (χ2v) is 9.15. The number of nitrogens with zero attached hydrogens (tertiary/aromatic N) is 2. The fourth-order valence-electron chi connectivity index (χ4n) is 4.67. The average molecular weight is 409 g/mol. The number of aromatic nitrogens is 2. The van der Waals surface area contributed by atoms with Crippen molar-refractivity contribution in [3.8, 4) is 17.0 Å². The van der Waals surface area contributed by atoms with Crippen LogP contribution in [0.2, 0.25) is 0 Å². The number of hydrogen-bond donors (Lipinski definition) is 0. The third-order valence-electron chi connectivity index (χ3n) is 6.64. The third-order valence-corrected chi connectivity index (χ3v) is 6.64. The Morgan fingerprint density at radius 1 is 0.800 bits per heavy atom. The highest BCUT2D eigenvalue weighted by Crippen LogP contribution is 2.34. The summed E-state index contributed by atoms with van der Waals surface area (Å²) in [7, 11) is 0. The standard InChI is InChI=1S/C27H40N2O/c1-3-4-5-6-7-9-23-11-13-24(14-12-23)10-8-19-30-26-17-15-25(16-18-26)27-21-28-22(2)20-29-27/h15-18,20-21,23-24H,3-14,19H2,1-2H3. The van der Waals surface area contributed by atoms with Crippen LogP contribution in [0, 0.1) is 18.8 Å². The SMILES string of the molecule is CCCCCCCC1CCC(CCCOc2ccc(-c3cnc(C)cn3)cc2)CC1. The zero-order valence-electron chi connectivity index (χ0n) is 19.1. The van der Waals surface area contributed by atoms with E-state index in [-0.39, 0.29) is 0 Å².